The molecule has 1 aliphatic carbocycles. The van der Waals surface area contributed by atoms with Crippen LogP contribution in [0.25, 0.3) is 21.7 Å². The summed E-state index contributed by atoms with van der Waals surface area (Å²) >= 11 is 1.56. The molecule has 4 amide bonds. The smallest absolute Gasteiger partial charge is 0.355 e. The summed E-state index contributed by atoms with van der Waals surface area (Å²) in [4.78, 5) is 68.4. The number of likely N-dealkylation sites (tertiary alicyclic amines) is 1. The van der Waals surface area contributed by atoms with Crippen molar-refractivity contribution < 1.29 is 55.3 Å². The molecule has 4 heterocycles. The molecule has 0 spiro atoms. The van der Waals surface area contributed by atoms with Gasteiger partial charge in [0.1, 0.15) is 69.0 Å². The number of amides is 4. The van der Waals surface area contributed by atoms with E-state index in [9.17, 15) is 45.9 Å². The molecular formula is C54H59F3N10O9S2Si. The zero-order chi connectivity index (χ0) is 56.8. The van der Waals surface area contributed by atoms with E-state index < -0.39 is 66.7 Å². The summed E-state index contributed by atoms with van der Waals surface area (Å²) in [6, 6.07) is 20.7. The number of aryl methyl sites for hydroxylation is 1. The van der Waals surface area contributed by atoms with E-state index in [2.05, 4.69) is 35.8 Å². The molecule has 1 unspecified atom stereocenters. The topological polar surface area (TPSA) is 273 Å². The van der Waals surface area contributed by atoms with E-state index in [1.807, 2.05) is 56.7 Å². The summed E-state index contributed by atoms with van der Waals surface area (Å²) < 4.78 is 78.7. The first-order valence-electron chi connectivity index (χ1n) is 25.0. The van der Waals surface area contributed by atoms with Crippen LogP contribution in [-0.4, -0.2) is 109 Å². The van der Waals surface area contributed by atoms with Crippen molar-refractivity contribution in [3.63, 3.8) is 0 Å². The molecule has 2 aliphatic rings. The van der Waals surface area contributed by atoms with Crippen LogP contribution in [-0.2, 0) is 32.8 Å². The zero-order valence-corrected chi connectivity index (χ0v) is 46.7. The Morgan fingerprint density at radius 3 is 2.35 bits per heavy atom. The first-order chi connectivity index (χ1) is 37.5. The summed E-state index contributed by atoms with van der Waals surface area (Å²) in [5.74, 6) is -5.18. The molecule has 0 radical (unpaired) electrons. The maximum Gasteiger partial charge on any atom is 0.355 e. The van der Waals surface area contributed by atoms with Gasteiger partial charge < -0.3 is 40.8 Å². The highest BCUT2D eigenvalue weighted by atomic mass is 32.2. The number of primary amides is 1. The predicted octanol–water partition coefficient (Wildman–Crippen LogP) is 7.21. The van der Waals surface area contributed by atoms with E-state index in [0.29, 0.717) is 16.9 Å². The number of pyridine rings is 1. The van der Waals surface area contributed by atoms with Gasteiger partial charge in [-0.25, -0.2) is 22.8 Å². The van der Waals surface area contributed by atoms with Gasteiger partial charge >= 0.3 is 5.76 Å². The number of ether oxygens (including phenoxy) is 2. The van der Waals surface area contributed by atoms with Gasteiger partial charge in [-0.3, -0.25) is 29.0 Å². The molecule has 1 aliphatic heterocycles. The molecule has 416 valence electrons. The number of aromatic amines is 1. The number of thiazole rings is 1. The lowest BCUT2D eigenvalue weighted by Crippen LogP contribution is -2.50. The number of hydrogen-bond acceptors (Lipinski definition) is 14. The van der Waals surface area contributed by atoms with Crippen LogP contribution < -0.4 is 35.5 Å². The van der Waals surface area contributed by atoms with Crippen molar-refractivity contribution in [1.82, 2.24) is 35.4 Å². The van der Waals surface area contributed by atoms with Gasteiger partial charge in [0.05, 0.1) is 39.6 Å². The standard InChI is InChI=1S/C54H59F3N10O9S2Si/c1-29-46(77-28-61-29)34-10-6-31(7-11-34)24-60-51(71)41-23-38(68)26-67(41)52(72)47(54(3,4)5)79-66-50(70)35-12-8-32(9-13-35)27-75-39-19-21-43(59-25-39)62-49-44(48(58)69)45(63-64-49)36-16-20-40(65-78(73,74)53(56)57)42(22-36)76-30(2)33-14-17-37(55)18-15-33/h6-17,19-22,25,28,30,37-38,41,47,53,65,68H,18,23-24,26-27,79H2,1-5H3,(H2,58,69)(H,60,71)(H,66,70)(H2,59,62,63,64)/t30-,37?,38+,41-,47+/m0/s1. The Kier molecular flexibility index (Phi) is 17.7. The Bertz CT molecular complexity index is 3370. The Morgan fingerprint density at radius 2 is 1.72 bits per heavy atom. The minimum absolute atomic E-state index is 0.00875. The number of carbonyl (C=O) groups is 4. The van der Waals surface area contributed by atoms with Crippen molar-refractivity contribution in [2.75, 3.05) is 16.6 Å². The molecule has 6 aromatic rings. The van der Waals surface area contributed by atoms with Gasteiger partial charge in [0.2, 0.25) is 17.7 Å². The van der Waals surface area contributed by atoms with Gasteiger partial charge in [-0.2, -0.15) is 13.9 Å². The third-order valence-corrected chi connectivity index (χ3v) is 17.8. The molecule has 19 nitrogen and oxygen atoms in total. The number of benzene rings is 3. The van der Waals surface area contributed by atoms with Gasteiger partial charge in [0, 0.05) is 37.1 Å². The number of aliphatic hydroxyl groups excluding tert-OH is 1. The molecule has 0 saturated carbocycles. The van der Waals surface area contributed by atoms with Crippen molar-refractivity contribution in [3.05, 3.63) is 142 Å². The maximum absolute atomic E-state index is 14.2. The van der Waals surface area contributed by atoms with Crippen molar-refractivity contribution in [2.45, 2.75) is 96.3 Å². The van der Waals surface area contributed by atoms with Gasteiger partial charge in [0.25, 0.3) is 15.9 Å². The van der Waals surface area contributed by atoms with Crippen molar-refractivity contribution in [2.24, 2.45) is 11.1 Å². The number of alkyl halides is 3. The molecule has 3 aromatic heterocycles. The van der Waals surface area contributed by atoms with E-state index in [1.165, 1.54) is 41.4 Å². The Balaban J connectivity index is 0.853. The number of nitrogens with one attached hydrogen (secondary N) is 5. The van der Waals surface area contributed by atoms with Crippen LogP contribution in [0.3, 0.4) is 0 Å². The first kappa shape index (κ1) is 57.3. The number of rotatable bonds is 21. The largest absolute Gasteiger partial charge is 0.487 e. The number of hydrogen-bond donors (Lipinski definition) is 7. The van der Waals surface area contributed by atoms with Crippen LogP contribution in [0.5, 0.6) is 11.5 Å². The minimum atomic E-state index is -5.12. The number of sulfonamides is 1. The van der Waals surface area contributed by atoms with Crippen molar-refractivity contribution >= 4 is 72.0 Å². The first-order valence-corrected chi connectivity index (χ1v) is 29.0. The fraction of sp³-hybridized carbons (Fsp3) is 0.315. The second-order valence-electron chi connectivity index (χ2n) is 20.1. The predicted molar refractivity (Wildman–Crippen MR) is 296 cm³/mol. The third-order valence-electron chi connectivity index (χ3n) is 13.3. The number of aromatic nitrogens is 4. The Hall–Kier alpha value is -7.87. The lowest BCUT2D eigenvalue weighted by molar-refractivity contribution is -0.139. The van der Waals surface area contributed by atoms with Crippen LogP contribution in [0.15, 0.2) is 114 Å². The van der Waals surface area contributed by atoms with E-state index in [1.54, 1.807) is 66.2 Å². The average Bonchev–Trinajstić information content (AvgIpc) is 4.16. The lowest BCUT2D eigenvalue weighted by Gasteiger charge is -2.34. The van der Waals surface area contributed by atoms with E-state index >= 15 is 0 Å². The van der Waals surface area contributed by atoms with Crippen molar-refractivity contribution in [3.8, 4) is 33.2 Å². The van der Waals surface area contributed by atoms with Gasteiger partial charge in [-0.05, 0) is 84.0 Å². The number of halogens is 3. The van der Waals surface area contributed by atoms with Crippen LogP contribution in [0.4, 0.5) is 30.5 Å². The molecule has 0 bridgehead atoms. The second-order valence-corrected chi connectivity index (χ2v) is 24.2. The van der Waals surface area contributed by atoms with E-state index in [4.69, 9.17) is 15.2 Å². The van der Waals surface area contributed by atoms with Crippen LogP contribution in [0.2, 0.25) is 5.54 Å². The van der Waals surface area contributed by atoms with E-state index in [0.717, 1.165) is 27.3 Å². The van der Waals surface area contributed by atoms with E-state index in [-0.39, 0.29) is 90.2 Å². The molecule has 25 heteroatoms. The molecule has 1 saturated heterocycles. The maximum atomic E-state index is 14.2. The lowest BCUT2D eigenvalue weighted by atomic mass is 9.90. The highest BCUT2D eigenvalue weighted by Gasteiger charge is 2.44. The number of aliphatic hydroxyl groups is 1. The minimum Gasteiger partial charge on any atom is -0.487 e. The fourth-order valence-electron chi connectivity index (χ4n) is 8.91. The quantitative estimate of drug-likeness (QED) is 0.0352. The Labute approximate surface area is 460 Å². The molecule has 3 aromatic carbocycles. The van der Waals surface area contributed by atoms with Crippen LogP contribution in [0, 0.1) is 12.3 Å². The number of nitrogens with zero attached hydrogens (tertiary/aromatic N) is 4. The summed E-state index contributed by atoms with van der Waals surface area (Å²) in [6.45, 7) is 9.67. The number of carbonyl (C=O) groups excluding carboxylic acids is 4. The Morgan fingerprint density at radius 1 is 1.00 bits per heavy atom. The average molecular weight is 1140 g/mol. The van der Waals surface area contributed by atoms with Crippen molar-refractivity contribution in [1.29, 1.82) is 0 Å². The molecule has 1 fully saturated rings. The monoisotopic (exact) mass is 1140 g/mol. The normalized spacial score (nSPS) is 17.3. The number of anilines is 3. The summed E-state index contributed by atoms with van der Waals surface area (Å²) in [7, 11) is -6.75. The molecular weight excluding hydrogens is 1080 g/mol. The molecule has 5 atom stereocenters. The third kappa shape index (κ3) is 14.1. The van der Waals surface area contributed by atoms with Gasteiger partial charge in [-0.15, -0.1) is 11.3 Å². The number of nitrogens with two attached hydrogens (primary N) is 1. The van der Waals surface area contributed by atoms with Crippen LogP contribution in [0.1, 0.15) is 78.1 Å². The highest BCUT2D eigenvalue weighted by Crippen LogP contribution is 2.38. The molecule has 8 rings (SSSR count). The molecule has 79 heavy (non-hydrogen) atoms. The second kappa shape index (κ2) is 24.4. The fourth-order valence-corrected chi connectivity index (χ4v) is 11.9. The van der Waals surface area contributed by atoms with Gasteiger partial charge in [0.15, 0.2) is 0 Å². The number of β-amino-alcohol motifs (C(OH)–C–C–N with tert-alkyl or cyclic N) is 1. The summed E-state index contributed by atoms with van der Waals surface area (Å²) in [5.41, 5.74) is 10.7. The summed E-state index contributed by atoms with van der Waals surface area (Å²) in [5, 5.41) is 23.5. The number of H-pyrrole nitrogens is 1. The number of allylic oxidation sites excluding steroid dienone is 2. The highest BCUT2D eigenvalue weighted by molar-refractivity contribution is 7.93. The van der Waals surface area contributed by atoms with Gasteiger partial charge in [-0.1, -0.05) is 75.4 Å². The molecule has 8 N–H and O–H groups in total. The SMILES string of the molecule is Cc1ncsc1-c1ccc(CNC(=O)[C@@H]2C[C@@H](O)CN2C(=O)[C@@H]([SiH2]NC(=O)c2ccc(COc3ccc(Nc4[nH]nc(-c5ccc(NS(=O)(=O)C(F)F)c(O[C@@H](C)C6=CCC(F)C=C6)c5)c4C(N)=O)nc3)cc2)C(C)(C)C)cc1. The zero-order valence-electron chi connectivity index (χ0n) is 43.6. The van der Waals surface area contributed by atoms with Crippen LogP contribution >= 0.6 is 11.3 Å². The summed E-state index contributed by atoms with van der Waals surface area (Å²) in [6.07, 6.45) is 3.22.